The third-order valence-electron chi connectivity index (χ3n) is 4.02. The SMILES string of the molecule is Fc1ccccc1C1(CCOc2cccc(Br)c2)CNC1. The molecule has 110 valence electrons. The maximum absolute atomic E-state index is 14.0. The Balaban J connectivity index is 1.67. The zero-order valence-electron chi connectivity index (χ0n) is 11.6. The third kappa shape index (κ3) is 3.11. The first-order valence-electron chi connectivity index (χ1n) is 7.04. The Kier molecular flexibility index (Phi) is 4.27. The molecule has 0 amide bonds. The first-order chi connectivity index (χ1) is 10.2. The third-order valence-corrected chi connectivity index (χ3v) is 4.51. The molecule has 1 saturated heterocycles. The van der Waals surface area contributed by atoms with Gasteiger partial charge in [-0.15, -0.1) is 0 Å². The molecule has 1 heterocycles. The molecule has 1 aliphatic heterocycles. The molecule has 2 aromatic carbocycles. The molecule has 2 aromatic rings. The molecule has 2 nitrogen and oxygen atoms in total. The fraction of sp³-hybridized carbons (Fsp3) is 0.294. The van der Waals surface area contributed by atoms with Crippen LogP contribution in [0.25, 0.3) is 0 Å². The highest BCUT2D eigenvalue weighted by molar-refractivity contribution is 9.10. The molecule has 0 aromatic heterocycles. The van der Waals surface area contributed by atoms with E-state index < -0.39 is 0 Å². The van der Waals surface area contributed by atoms with Crippen LogP contribution in [-0.4, -0.2) is 19.7 Å². The van der Waals surface area contributed by atoms with Gasteiger partial charge >= 0.3 is 0 Å². The van der Waals surface area contributed by atoms with Crippen LogP contribution < -0.4 is 10.1 Å². The van der Waals surface area contributed by atoms with Crippen LogP contribution in [0.3, 0.4) is 0 Å². The van der Waals surface area contributed by atoms with E-state index in [0.717, 1.165) is 35.3 Å². The van der Waals surface area contributed by atoms with E-state index in [1.165, 1.54) is 6.07 Å². The minimum atomic E-state index is -0.142. The number of hydrogen-bond acceptors (Lipinski definition) is 2. The molecule has 1 N–H and O–H groups in total. The van der Waals surface area contributed by atoms with Gasteiger partial charge in [-0.2, -0.15) is 0 Å². The summed E-state index contributed by atoms with van der Waals surface area (Å²) in [6.45, 7) is 2.18. The van der Waals surface area contributed by atoms with Crippen molar-refractivity contribution in [2.75, 3.05) is 19.7 Å². The summed E-state index contributed by atoms with van der Waals surface area (Å²) < 4.78 is 20.8. The Morgan fingerprint density at radius 2 is 1.95 bits per heavy atom. The quantitative estimate of drug-likeness (QED) is 0.883. The number of ether oxygens (including phenoxy) is 1. The molecule has 0 bridgehead atoms. The van der Waals surface area contributed by atoms with Crippen molar-refractivity contribution in [3.8, 4) is 5.75 Å². The van der Waals surface area contributed by atoms with E-state index in [0.29, 0.717) is 6.61 Å². The minimum absolute atomic E-state index is 0.124. The molecule has 3 rings (SSSR count). The van der Waals surface area contributed by atoms with Crippen molar-refractivity contribution in [1.29, 1.82) is 0 Å². The van der Waals surface area contributed by atoms with E-state index in [4.69, 9.17) is 4.74 Å². The zero-order valence-corrected chi connectivity index (χ0v) is 13.2. The van der Waals surface area contributed by atoms with Crippen LogP contribution in [0.2, 0.25) is 0 Å². The van der Waals surface area contributed by atoms with Crippen LogP contribution in [-0.2, 0) is 5.41 Å². The molecular formula is C17H17BrFNO. The summed E-state index contributed by atoms with van der Waals surface area (Å²) in [7, 11) is 0. The molecule has 4 heteroatoms. The van der Waals surface area contributed by atoms with Gasteiger partial charge in [0.1, 0.15) is 11.6 Å². The summed E-state index contributed by atoms with van der Waals surface area (Å²) in [4.78, 5) is 0. The van der Waals surface area contributed by atoms with Gasteiger partial charge in [0.2, 0.25) is 0 Å². The largest absolute Gasteiger partial charge is 0.494 e. The van der Waals surface area contributed by atoms with E-state index in [2.05, 4.69) is 21.2 Å². The van der Waals surface area contributed by atoms with Crippen LogP contribution in [0.1, 0.15) is 12.0 Å². The lowest BCUT2D eigenvalue weighted by Gasteiger charge is -2.43. The van der Waals surface area contributed by atoms with Gasteiger partial charge in [-0.05, 0) is 36.2 Å². The van der Waals surface area contributed by atoms with Crippen LogP contribution >= 0.6 is 15.9 Å². The molecule has 0 aliphatic carbocycles. The average Bonchev–Trinajstić information content (AvgIpc) is 2.43. The molecule has 0 spiro atoms. The van der Waals surface area contributed by atoms with Crippen molar-refractivity contribution in [1.82, 2.24) is 5.32 Å². The van der Waals surface area contributed by atoms with E-state index in [1.807, 2.05) is 36.4 Å². The van der Waals surface area contributed by atoms with E-state index in [9.17, 15) is 4.39 Å². The predicted octanol–water partition coefficient (Wildman–Crippen LogP) is 3.90. The molecule has 1 aliphatic rings. The molecule has 21 heavy (non-hydrogen) atoms. The van der Waals surface area contributed by atoms with Gasteiger partial charge in [0.15, 0.2) is 0 Å². The van der Waals surface area contributed by atoms with Gasteiger partial charge in [0, 0.05) is 23.0 Å². The highest BCUT2D eigenvalue weighted by Crippen LogP contribution is 2.34. The summed E-state index contributed by atoms with van der Waals surface area (Å²) in [6, 6.07) is 14.8. The van der Waals surface area contributed by atoms with Crippen LogP contribution in [0.15, 0.2) is 53.0 Å². The van der Waals surface area contributed by atoms with Crippen LogP contribution in [0.5, 0.6) is 5.75 Å². The number of rotatable bonds is 5. The second-order valence-corrected chi connectivity index (χ2v) is 6.34. The maximum Gasteiger partial charge on any atom is 0.127 e. The summed E-state index contributed by atoms with van der Waals surface area (Å²) in [6.07, 6.45) is 0.799. The molecule has 1 fully saturated rings. The summed E-state index contributed by atoms with van der Waals surface area (Å²) >= 11 is 3.43. The zero-order chi connectivity index (χ0) is 14.7. The average molecular weight is 350 g/mol. The predicted molar refractivity (Wildman–Crippen MR) is 85.2 cm³/mol. The maximum atomic E-state index is 14.0. The van der Waals surface area contributed by atoms with Crippen LogP contribution in [0, 0.1) is 5.82 Å². The Hall–Kier alpha value is -1.39. The van der Waals surface area contributed by atoms with Gasteiger partial charge < -0.3 is 10.1 Å². The summed E-state index contributed by atoms with van der Waals surface area (Å²) in [5.74, 6) is 0.710. The van der Waals surface area contributed by atoms with Gasteiger partial charge in [-0.3, -0.25) is 0 Å². The molecule has 0 radical (unpaired) electrons. The van der Waals surface area contributed by atoms with Gasteiger partial charge in [-0.1, -0.05) is 40.2 Å². The molecular weight excluding hydrogens is 333 g/mol. The van der Waals surface area contributed by atoms with Gasteiger partial charge in [0.05, 0.1) is 6.61 Å². The Morgan fingerprint density at radius 1 is 1.14 bits per heavy atom. The van der Waals surface area contributed by atoms with Crippen molar-refractivity contribution < 1.29 is 9.13 Å². The van der Waals surface area contributed by atoms with E-state index >= 15 is 0 Å². The van der Waals surface area contributed by atoms with Crippen molar-refractivity contribution in [3.63, 3.8) is 0 Å². The smallest absolute Gasteiger partial charge is 0.127 e. The first-order valence-corrected chi connectivity index (χ1v) is 7.83. The van der Waals surface area contributed by atoms with Gasteiger partial charge in [0.25, 0.3) is 0 Å². The Morgan fingerprint density at radius 3 is 2.62 bits per heavy atom. The highest BCUT2D eigenvalue weighted by Gasteiger charge is 2.40. The summed E-state index contributed by atoms with van der Waals surface area (Å²) in [5, 5.41) is 3.26. The summed E-state index contributed by atoms with van der Waals surface area (Å²) in [5.41, 5.74) is 0.652. The Bertz CT molecular complexity index is 628. The second kappa shape index (κ2) is 6.16. The number of benzene rings is 2. The topological polar surface area (TPSA) is 21.3 Å². The van der Waals surface area contributed by atoms with E-state index in [1.54, 1.807) is 6.07 Å². The lowest BCUT2D eigenvalue weighted by Crippen LogP contribution is -2.57. The fourth-order valence-corrected chi connectivity index (χ4v) is 3.12. The molecule has 0 unspecified atom stereocenters. The number of nitrogens with one attached hydrogen (secondary N) is 1. The van der Waals surface area contributed by atoms with Gasteiger partial charge in [-0.25, -0.2) is 4.39 Å². The Labute approximate surface area is 132 Å². The number of halogens is 2. The van der Waals surface area contributed by atoms with Crippen LogP contribution in [0.4, 0.5) is 4.39 Å². The monoisotopic (exact) mass is 349 g/mol. The molecule has 0 saturated carbocycles. The lowest BCUT2D eigenvalue weighted by molar-refractivity contribution is 0.194. The standard InChI is InChI=1S/C17H17BrFNO/c18-13-4-3-5-14(10-13)21-9-8-17(11-20-12-17)15-6-1-2-7-16(15)19/h1-7,10,20H,8-9,11-12H2. The van der Waals surface area contributed by atoms with Crippen molar-refractivity contribution >= 4 is 15.9 Å². The second-order valence-electron chi connectivity index (χ2n) is 5.42. The fourth-order valence-electron chi connectivity index (χ4n) is 2.74. The molecule has 0 atom stereocenters. The van der Waals surface area contributed by atoms with E-state index in [-0.39, 0.29) is 11.2 Å². The minimum Gasteiger partial charge on any atom is -0.494 e. The highest BCUT2D eigenvalue weighted by atomic mass is 79.9. The van der Waals surface area contributed by atoms with Crippen molar-refractivity contribution in [3.05, 3.63) is 64.4 Å². The van der Waals surface area contributed by atoms with Crippen molar-refractivity contribution in [2.45, 2.75) is 11.8 Å². The first kappa shape index (κ1) is 14.5. The number of hydrogen-bond donors (Lipinski definition) is 1. The normalized spacial score (nSPS) is 16.3. The lowest BCUT2D eigenvalue weighted by atomic mass is 9.72. The van der Waals surface area contributed by atoms with Crippen molar-refractivity contribution in [2.24, 2.45) is 0 Å².